The van der Waals surface area contributed by atoms with Gasteiger partial charge in [0.05, 0.1) is 32.6 Å². The van der Waals surface area contributed by atoms with Gasteiger partial charge in [-0.15, -0.1) is 0 Å². The van der Waals surface area contributed by atoms with Gasteiger partial charge in [-0.05, 0) is 50.2 Å². The van der Waals surface area contributed by atoms with Crippen LogP contribution in [0.4, 0.5) is 28.4 Å². The molecule has 0 N–H and O–H groups in total. The molecule has 0 fully saturated rings. The number of aryl methyl sites for hydroxylation is 2. The molecule has 0 aliphatic rings. The third-order valence-corrected chi connectivity index (χ3v) is 5.88. The van der Waals surface area contributed by atoms with Crippen LogP contribution in [0.5, 0.6) is 0 Å². The lowest BCUT2D eigenvalue weighted by Gasteiger charge is -2.21. The largest absolute Gasteiger partial charge is 0.318 e. The Hall–Kier alpha value is -5.16. The van der Waals surface area contributed by atoms with Crippen LogP contribution in [-0.2, 0) is 0 Å². The van der Waals surface area contributed by atoms with Crippen LogP contribution in [0.3, 0.4) is 0 Å². The highest BCUT2D eigenvalue weighted by Crippen LogP contribution is 2.41. The van der Waals surface area contributed by atoms with Crippen molar-refractivity contribution >= 4 is 45.9 Å². The summed E-state index contributed by atoms with van der Waals surface area (Å²) in [5, 5.41) is 35.1. The number of nitrogens with zero attached hydrogens (tertiary/aromatic N) is 5. The predicted octanol–water partition coefficient (Wildman–Crippen LogP) is 7.58. The average Bonchev–Trinajstić information content (AvgIpc) is 2.93. The highest BCUT2D eigenvalue weighted by Gasteiger charge is 2.34. The average molecular weight is 562 g/mol. The van der Waals surface area contributed by atoms with Crippen LogP contribution in [0.2, 0.25) is 5.02 Å². The highest BCUT2D eigenvalue weighted by atomic mass is 35.5. The van der Waals surface area contributed by atoms with E-state index in [9.17, 15) is 30.3 Å². The van der Waals surface area contributed by atoms with E-state index in [-0.39, 0.29) is 5.84 Å². The van der Waals surface area contributed by atoms with Gasteiger partial charge >= 0.3 is 11.4 Å². The number of rotatable bonds is 6. The third kappa shape index (κ3) is 7.45. The number of non-ortho nitro benzene ring substituents is 1. The lowest BCUT2D eigenvalue weighted by atomic mass is 10.1. The van der Waals surface area contributed by atoms with Gasteiger partial charge in [0, 0.05) is 17.6 Å². The number of hydrogen-bond donors (Lipinski definition) is 0. The minimum absolute atomic E-state index is 0.135. The van der Waals surface area contributed by atoms with E-state index in [1.165, 1.54) is 17.5 Å². The first-order valence-electron chi connectivity index (χ1n) is 11.8. The van der Waals surface area contributed by atoms with Crippen LogP contribution in [-0.4, -0.2) is 27.7 Å². The topological polar surface area (TPSA) is 145 Å². The first-order chi connectivity index (χ1) is 19.0. The molecule has 0 aliphatic carbocycles. The van der Waals surface area contributed by atoms with Crippen molar-refractivity contribution in [2.45, 2.75) is 13.8 Å². The number of halogens is 1. The zero-order valence-corrected chi connectivity index (χ0v) is 22.5. The molecule has 0 aliphatic heterocycles. The quantitative estimate of drug-likeness (QED) is 0.102. The molecule has 0 atom stereocenters. The van der Waals surface area contributed by atoms with E-state index >= 15 is 0 Å². The third-order valence-electron chi connectivity index (χ3n) is 5.62. The van der Waals surface area contributed by atoms with E-state index in [0.29, 0.717) is 28.4 Å². The van der Waals surface area contributed by atoms with E-state index < -0.39 is 37.5 Å². The van der Waals surface area contributed by atoms with Gasteiger partial charge in [0.25, 0.3) is 5.69 Å². The Morgan fingerprint density at radius 1 is 0.725 bits per heavy atom. The smallest absolute Gasteiger partial charge is 0.306 e. The second-order valence-corrected chi connectivity index (χ2v) is 9.03. The van der Waals surface area contributed by atoms with Gasteiger partial charge in [0.2, 0.25) is 5.69 Å². The molecule has 0 saturated heterocycles. The van der Waals surface area contributed by atoms with Crippen molar-refractivity contribution in [3.05, 3.63) is 143 Å². The van der Waals surface area contributed by atoms with Crippen molar-refractivity contribution in [3.8, 4) is 0 Å². The number of amidine groups is 1. The fraction of sp³-hybridized carbons (Fsp3) is 0.107. The maximum absolute atomic E-state index is 11.8. The molecule has 0 saturated carbocycles. The summed E-state index contributed by atoms with van der Waals surface area (Å²) < 4.78 is 0. The molecule has 0 bridgehead atoms. The molecule has 0 unspecified atom stereocenters. The summed E-state index contributed by atoms with van der Waals surface area (Å²) in [6.45, 7) is 3.98. The summed E-state index contributed by atoms with van der Waals surface area (Å²) >= 11 is 5.98. The summed E-state index contributed by atoms with van der Waals surface area (Å²) in [6.07, 6.45) is 0. The summed E-state index contributed by atoms with van der Waals surface area (Å²) in [6, 6.07) is 25.1. The number of nitro groups is 3. The Bertz CT molecular complexity index is 1520. The van der Waals surface area contributed by atoms with Crippen LogP contribution in [0, 0.1) is 44.2 Å². The van der Waals surface area contributed by atoms with Gasteiger partial charge in [-0.25, -0.2) is 4.99 Å². The van der Waals surface area contributed by atoms with E-state index in [1.807, 2.05) is 37.3 Å². The van der Waals surface area contributed by atoms with Crippen LogP contribution < -0.4 is 4.90 Å². The zero-order valence-electron chi connectivity index (χ0n) is 21.7. The number of nitro benzene ring substituents is 3. The highest BCUT2D eigenvalue weighted by molar-refractivity contribution is 6.30. The molecule has 40 heavy (non-hydrogen) atoms. The second-order valence-electron chi connectivity index (χ2n) is 8.60. The lowest BCUT2D eigenvalue weighted by Crippen LogP contribution is -2.28. The Labute approximate surface area is 234 Å². The minimum Gasteiger partial charge on any atom is -0.318 e. The molecular formula is C28H24ClN5O6. The molecule has 0 radical (unpaired) electrons. The maximum Gasteiger partial charge on any atom is 0.306 e. The molecule has 0 heterocycles. The van der Waals surface area contributed by atoms with Crippen LogP contribution in [0.25, 0.3) is 0 Å². The maximum atomic E-state index is 11.8. The number of benzene rings is 4. The Balaban J connectivity index is 0.000000547. The van der Waals surface area contributed by atoms with Gasteiger partial charge in [-0.2, -0.15) is 0 Å². The molecular weight excluding hydrogens is 538 g/mol. The molecule has 4 rings (SSSR count). The van der Waals surface area contributed by atoms with Gasteiger partial charge in [0.1, 0.15) is 5.84 Å². The zero-order chi connectivity index (χ0) is 29.4. The van der Waals surface area contributed by atoms with Crippen molar-refractivity contribution in [3.63, 3.8) is 0 Å². The molecule has 12 heteroatoms. The van der Waals surface area contributed by atoms with Crippen molar-refractivity contribution in [2.75, 3.05) is 11.9 Å². The summed E-state index contributed by atoms with van der Waals surface area (Å²) in [7, 11) is 1.36. The molecule has 11 nitrogen and oxygen atoms in total. The van der Waals surface area contributed by atoms with E-state index in [1.54, 1.807) is 36.4 Å². The fourth-order valence-electron chi connectivity index (χ4n) is 3.63. The van der Waals surface area contributed by atoms with Gasteiger partial charge in [-0.3, -0.25) is 30.3 Å². The first kappa shape index (κ1) is 29.4. The fourth-order valence-corrected chi connectivity index (χ4v) is 3.76. The Morgan fingerprint density at radius 2 is 1.23 bits per heavy atom. The molecule has 0 spiro atoms. The van der Waals surface area contributed by atoms with Crippen LogP contribution in [0.1, 0.15) is 16.7 Å². The summed E-state index contributed by atoms with van der Waals surface area (Å²) in [4.78, 5) is 37.7. The summed E-state index contributed by atoms with van der Waals surface area (Å²) in [5.74, 6) is 0.135. The van der Waals surface area contributed by atoms with Crippen molar-refractivity contribution in [2.24, 2.45) is 4.99 Å². The van der Waals surface area contributed by atoms with Gasteiger partial charge < -0.3 is 4.90 Å². The van der Waals surface area contributed by atoms with E-state index in [2.05, 4.69) is 24.0 Å². The molecule has 4 aromatic carbocycles. The molecule has 4 aromatic rings. The lowest BCUT2D eigenvalue weighted by molar-refractivity contribution is -0.402. The van der Waals surface area contributed by atoms with E-state index in [0.717, 1.165) is 5.56 Å². The standard InChI is InChI=1S/C21H16ClN5O6.C7H8/c1-13-3-9-16(10-4-13)23-21(14-5-7-15(22)8-6-14)24(2)20-18(26(30)31)11-17(25(28)29)12-19(20)27(32)33;1-7-5-3-2-4-6-7/h3-12H,1-2H3;2-6H,1H3. The van der Waals surface area contributed by atoms with Crippen molar-refractivity contribution < 1.29 is 14.8 Å². The van der Waals surface area contributed by atoms with Crippen molar-refractivity contribution in [1.82, 2.24) is 0 Å². The van der Waals surface area contributed by atoms with Crippen LogP contribution >= 0.6 is 11.6 Å². The normalized spacial score (nSPS) is 10.8. The van der Waals surface area contributed by atoms with Gasteiger partial charge in [0.15, 0.2) is 0 Å². The monoisotopic (exact) mass is 561 g/mol. The second kappa shape index (κ2) is 13.1. The SMILES string of the molecule is Cc1ccc(N=C(c2ccc(Cl)cc2)N(C)c2c([N+](=O)[O-])cc([N+](=O)[O-])cc2[N+](=O)[O-])cc1.Cc1ccccc1. The van der Waals surface area contributed by atoms with Crippen LogP contribution in [0.15, 0.2) is 96.0 Å². The summed E-state index contributed by atoms with van der Waals surface area (Å²) in [5.41, 5.74) is 0.437. The molecule has 204 valence electrons. The van der Waals surface area contributed by atoms with E-state index in [4.69, 9.17) is 11.6 Å². The first-order valence-corrected chi connectivity index (χ1v) is 12.1. The molecule has 0 aromatic heterocycles. The number of anilines is 1. The minimum atomic E-state index is -0.926. The van der Waals surface area contributed by atoms with Crippen molar-refractivity contribution in [1.29, 1.82) is 0 Å². The van der Waals surface area contributed by atoms with Gasteiger partial charge in [-0.1, -0.05) is 65.2 Å². The molecule has 0 amide bonds. The predicted molar refractivity (Wildman–Crippen MR) is 155 cm³/mol. The Morgan fingerprint density at radius 3 is 1.65 bits per heavy atom. The number of aliphatic imine (C=N–C) groups is 1. The Kier molecular flexibility index (Phi) is 9.61. The number of hydrogen-bond acceptors (Lipinski definition) is 7.